The quantitative estimate of drug-likeness (QED) is 0.600. The van der Waals surface area contributed by atoms with E-state index >= 15 is 0 Å². The second-order valence-electron chi connectivity index (χ2n) is 6.16. The Labute approximate surface area is 169 Å². The van der Waals surface area contributed by atoms with Crippen molar-refractivity contribution in [1.82, 2.24) is 29.6 Å². The maximum absolute atomic E-state index is 12.5. The summed E-state index contributed by atoms with van der Waals surface area (Å²) in [6.07, 6.45) is 5.03. The van der Waals surface area contributed by atoms with Gasteiger partial charge in [-0.25, -0.2) is 13.1 Å². The maximum Gasteiger partial charge on any atom is 0.251 e. The van der Waals surface area contributed by atoms with Gasteiger partial charge in [-0.15, -0.1) is 5.10 Å². The van der Waals surface area contributed by atoms with Gasteiger partial charge < -0.3 is 5.32 Å². The molecule has 0 aliphatic carbocycles. The molecule has 2 heterocycles. The van der Waals surface area contributed by atoms with Crippen LogP contribution in [0, 0.1) is 0 Å². The Morgan fingerprint density at radius 2 is 1.72 bits per heavy atom. The molecule has 0 fully saturated rings. The lowest BCUT2D eigenvalue weighted by Crippen LogP contribution is -2.30. The molecule has 0 unspecified atom stereocenters. The molecule has 0 aliphatic rings. The zero-order valence-corrected chi connectivity index (χ0v) is 17.0. The number of hydrogen-bond acceptors (Lipinski definition) is 6. The van der Waals surface area contributed by atoms with Crippen molar-refractivity contribution in [1.29, 1.82) is 0 Å². The number of nitrogens with one attached hydrogen (secondary N) is 1. The van der Waals surface area contributed by atoms with Crippen molar-refractivity contribution in [3.05, 3.63) is 66.2 Å². The first-order valence-electron chi connectivity index (χ1n) is 9.15. The number of amides is 1. The molecule has 0 saturated carbocycles. The third-order valence-corrected chi connectivity index (χ3v) is 6.42. The Morgan fingerprint density at radius 3 is 2.34 bits per heavy atom. The topological polar surface area (TPSA) is 110 Å². The summed E-state index contributed by atoms with van der Waals surface area (Å²) in [5.74, 6) is -0.324. The predicted molar refractivity (Wildman–Crippen MR) is 107 cm³/mol. The van der Waals surface area contributed by atoms with Gasteiger partial charge in [-0.3, -0.25) is 9.78 Å². The van der Waals surface area contributed by atoms with E-state index in [4.69, 9.17) is 0 Å². The monoisotopic (exact) mass is 414 g/mol. The molecule has 0 saturated heterocycles. The van der Waals surface area contributed by atoms with Gasteiger partial charge in [0.25, 0.3) is 5.91 Å². The Kier molecular flexibility index (Phi) is 6.35. The number of pyridine rings is 1. The lowest BCUT2D eigenvalue weighted by atomic mass is 10.2. The van der Waals surface area contributed by atoms with E-state index in [-0.39, 0.29) is 17.3 Å². The average molecular weight is 414 g/mol. The molecule has 3 rings (SSSR count). The van der Waals surface area contributed by atoms with E-state index in [1.54, 1.807) is 49.3 Å². The van der Waals surface area contributed by atoms with Crippen molar-refractivity contribution >= 4 is 15.9 Å². The number of sulfonamides is 1. The number of hydrogen-bond donors (Lipinski definition) is 1. The molecular formula is C19H22N6O3S. The molecule has 0 spiro atoms. The van der Waals surface area contributed by atoms with Crippen LogP contribution in [-0.4, -0.2) is 51.7 Å². The van der Waals surface area contributed by atoms with Crippen molar-refractivity contribution in [2.75, 3.05) is 13.1 Å². The Bertz CT molecular complexity index is 1060. The predicted octanol–water partition coefficient (Wildman–Crippen LogP) is 1.62. The van der Waals surface area contributed by atoms with Gasteiger partial charge in [0.05, 0.1) is 23.3 Å². The van der Waals surface area contributed by atoms with Crippen LogP contribution in [0.5, 0.6) is 0 Å². The molecule has 9 nitrogen and oxygen atoms in total. The summed E-state index contributed by atoms with van der Waals surface area (Å²) in [6.45, 7) is 4.55. The van der Waals surface area contributed by atoms with E-state index in [1.165, 1.54) is 28.6 Å². The van der Waals surface area contributed by atoms with Gasteiger partial charge in [0.2, 0.25) is 10.0 Å². The van der Waals surface area contributed by atoms with Crippen LogP contribution in [0.1, 0.15) is 29.9 Å². The number of aromatic nitrogens is 4. The molecule has 0 bridgehead atoms. The zero-order chi connectivity index (χ0) is 20.9. The fraction of sp³-hybridized carbons (Fsp3) is 0.263. The van der Waals surface area contributed by atoms with E-state index in [2.05, 4.69) is 20.6 Å². The SMILES string of the molecule is CCN(CC)S(=O)(=O)c1ccc(C(=O)NCc2cn(-c3ccncc3)nn2)cc1. The van der Waals surface area contributed by atoms with Crippen molar-refractivity contribution in [2.24, 2.45) is 0 Å². The molecule has 10 heteroatoms. The zero-order valence-electron chi connectivity index (χ0n) is 16.2. The third kappa shape index (κ3) is 4.66. The summed E-state index contributed by atoms with van der Waals surface area (Å²) in [6, 6.07) is 9.49. The number of rotatable bonds is 8. The molecule has 0 aliphatic heterocycles. The molecule has 1 aromatic carbocycles. The third-order valence-electron chi connectivity index (χ3n) is 4.36. The number of nitrogens with zero attached hydrogens (tertiary/aromatic N) is 5. The van der Waals surface area contributed by atoms with Gasteiger partial charge in [0.1, 0.15) is 5.69 Å². The molecule has 3 aromatic rings. The number of carbonyl (C=O) groups is 1. The Morgan fingerprint density at radius 1 is 1.07 bits per heavy atom. The van der Waals surface area contributed by atoms with Gasteiger partial charge in [-0.2, -0.15) is 4.31 Å². The average Bonchev–Trinajstić information content (AvgIpc) is 3.22. The van der Waals surface area contributed by atoms with Gasteiger partial charge in [0, 0.05) is 31.0 Å². The smallest absolute Gasteiger partial charge is 0.251 e. The largest absolute Gasteiger partial charge is 0.346 e. The maximum atomic E-state index is 12.5. The van der Waals surface area contributed by atoms with Crippen molar-refractivity contribution in [2.45, 2.75) is 25.3 Å². The second-order valence-corrected chi connectivity index (χ2v) is 8.09. The highest BCUT2D eigenvalue weighted by molar-refractivity contribution is 7.89. The summed E-state index contributed by atoms with van der Waals surface area (Å²) in [4.78, 5) is 16.5. The van der Waals surface area contributed by atoms with Gasteiger partial charge >= 0.3 is 0 Å². The van der Waals surface area contributed by atoms with E-state index in [1.807, 2.05) is 0 Å². The minimum absolute atomic E-state index is 0.165. The molecule has 1 amide bonds. The Hall–Kier alpha value is -3.11. The van der Waals surface area contributed by atoms with Crippen LogP contribution in [0.15, 0.2) is 59.9 Å². The van der Waals surface area contributed by atoms with Crippen LogP contribution in [-0.2, 0) is 16.6 Å². The van der Waals surface area contributed by atoms with Crippen LogP contribution in [0.25, 0.3) is 5.69 Å². The van der Waals surface area contributed by atoms with Crippen LogP contribution < -0.4 is 5.32 Å². The first-order valence-corrected chi connectivity index (χ1v) is 10.6. The lowest BCUT2D eigenvalue weighted by molar-refractivity contribution is 0.0950. The van der Waals surface area contributed by atoms with Crippen molar-refractivity contribution < 1.29 is 13.2 Å². The summed E-state index contributed by atoms with van der Waals surface area (Å²) >= 11 is 0. The highest BCUT2D eigenvalue weighted by Crippen LogP contribution is 2.16. The molecule has 29 heavy (non-hydrogen) atoms. The standard InChI is InChI=1S/C19H22N6O3S/c1-3-24(4-2)29(27,28)18-7-5-15(6-8-18)19(26)21-13-16-14-25(23-22-16)17-9-11-20-12-10-17/h5-12,14H,3-4,13H2,1-2H3,(H,21,26). The van der Waals surface area contributed by atoms with Gasteiger partial charge in [-0.05, 0) is 36.4 Å². The van der Waals surface area contributed by atoms with E-state index in [0.717, 1.165) is 5.69 Å². The van der Waals surface area contributed by atoms with Crippen LogP contribution in [0.2, 0.25) is 0 Å². The normalized spacial score (nSPS) is 11.6. The first-order chi connectivity index (χ1) is 14.0. The van der Waals surface area contributed by atoms with Crippen LogP contribution >= 0.6 is 0 Å². The Balaban J connectivity index is 1.64. The molecule has 0 atom stereocenters. The van der Waals surface area contributed by atoms with E-state index in [9.17, 15) is 13.2 Å². The molecule has 1 N–H and O–H groups in total. The minimum atomic E-state index is -3.55. The second kappa shape index (κ2) is 8.93. The van der Waals surface area contributed by atoms with E-state index in [0.29, 0.717) is 24.3 Å². The molecule has 2 aromatic heterocycles. The summed E-state index contributed by atoms with van der Waals surface area (Å²) in [5, 5.41) is 10.8. The van der Waals surface area contributed by atoms with Crippen LogP contribution in [0.4, 0.5) is 0 Å². The van der Waals surface area contributed by atoms with Crippen molar-refractivity contribution in [3.8, 4) is 5.69 Å². The molecular weight excluding hydrogens is 392 g/mol. The van der Waals surface area contributed by atoms with Crippen molar-refractivity contribution in [3.63, 3.8) is 0 Å². The highest BCUT2D eigenvalue weighted by Gasteiger charge is 2.21. The summed E-state index contributed by atoms with van der Waals surface area (Å²) in [7, 11) is -3.55. The molecule has 0 radical (unpaired) electrons. The fourth-order valence-corrected chi connectivity index (χ4v) is 4.22. The number of carbonyl (C=O) groups excluding carboxylic acids is 1. The van der Waals surface area contributed by atoms with Crippen LogP contribution in [0.3, 0.4) is 0 Å². The molecule has 152 valence electrons. The minimum Gasteiger partial charge on any atom is -0.346 e. The lowest BCUT2D eigenvalue weighted by Gasteiger charge is -2.18. The van der Waals surface area contributed by atoms with Gasteiger partial charge in [0.15, 0.2) is 0 Å². The van der Waals surface area contributed by atoms with Gasteiger partial charge in [-0.1, -0.05) is 19.1 Å². The van der Waals surface area contributed by atoms with E-state index < -0.39 is 10.0 Å². The first kappa shape index (κ1) is 20.6. The summed E-state index contributed by atoms with van der Waals surface area (Å²) < 4.78 is 28.0. The summed E-state index contributed by atoms with van der Waals surface area (Å²) in [5.41, 5.74) is 1.77. The fourth-order valence-electron chi connectivity index (χ4n) is 2.77. The highest BCUT2D eigenvalue weighted by atomic mass is 32.2. The number of benzene rings is 1.